The summed E-state index contributed by atoms with van der Waals surface area (Å²) in [5, 5.41) is 19.0. The molecule has 0 spiro atoms. The number of rotatable bonds is 4. The highest BCUT2D eigenvalue weighted by Crippen LogP contribution is 2.35. The maximum atomic E-state index is 9.49. The molecular weight excluding hydrogens is 248 g/mol. The number of hydrogen-bond donors (Lipinski definition) is 2. The van der Waals surface area contributed by atoms with Gasteiger partial charge in [-0.1, -0.05) is 0 Å². The van der Waals surface area contributed by atoms with Gasteiger partial charge in [-0.2, -0.15) is 0 Å². The average Bonchev–Trinajstić information content (AvgIpc) is 2.43. The summed E-state index contributed by atoms with van der Waals surface area (Å²) < 4.78 is 15.6. The van der Waals surface area contributed by atoms with Crippen LogP contribution in [0.3, 0.4) is 0 Å². The molecule has 2 aromatic carbocycles. The van der Waals surface area contributed by atoms with Crippen LogP contribution in [0.25, 0.3) is 0 Å². The highest BCUT2D eigenvalue weighted by molar-refractivity contribution is 5.48. The molecule has 0 unspecified atom stereocenters. The molecule has 100 valence electrons. The molecule has 0 aliphatic heterocycles. The first-order chi connectivity index (χ1) is 9.13. The van der Waals surface area contributed by atoms with Gasteiger partial charge in [0.05, 0.1) is 14.2 Å². The van der Waals surface area contributed by atoms with Gasteiger partial charge in [0.1, 0.15) is 11.5 Å². The predicted octanol–water partition coefficient (Wildman–Crippen LogP) is 2.91. The van der Waals surface area contributed by atoms with E-state index in [1.165, 1.54) is 26.4 Å². The fourth-order valence-corrected chi connectivity index (χ4v) is 1.58. The van der Waals surface area contributed by atoms with Crippen LogP contribution >= 0.6 is 0 Å². The standard InChI is InChI=1S/C14H14O5/c1-17-13-7-9(3-5-11(13)15)19-10-4-6-12(16)14(8-10)18-2/h3-8,15-16H,1-2H3. The summed E-state index contributed by atoms with van der Waals surface area (Å²) in [6.45, 7) is 0. The van der Waals surface area contributed by atoms with Crippen molar-refractivity contribution >= 4 is 0 Å². The summed E-state index contributed by atoms with van der Waals surface area (Å²) in [7, 11) is 2.92. The molecule has 0 bridgehead atoms. The molecule has 0 heterocycles. The van der Waals surface area contributed by atoms with Gasteiger partial charge in [-0.3, -0.25) is 0 Å². The van der Waals surface area contributed by atoms with E-state index in [1.807, 2.05) is 0 Å². The highest BCUT2D eigenvalue weighted by Gasteiger charge is 2.07. The molecule has 5 nitrogen and oxygen atoms in total. The second-order valence-corrected chi connectivity index (χ2v) is 3.77. The van der Waals surface area contributed by atoms with Crippen LogP contribution in [0.5, 0.6) is 34.5 Å². The first kappa shape index (κ1) is 12.9. The SMILES string of the molecule is COc1cc(Oc2ccc(O)c(OC)c2)ccc1O. The Labute approximate surface area is 110 Å². The monoisotopic (exact) mass is 262 g/mol. The third-order valence-corrected chi connectivity index (χ3v) is 2.54. The lowest BCUT2D eigenvalue weighted by Gasteiger charge is -2.10. The number of ether oxygens (including phenoxy) is 3. The van der Waals surface area contributed by atoms with Crippen molar-refractivity contribution in [2.24, 2.45) is 0 Å². The van der Waals surface area contributed by atoms with E-state index in [0.717, 1.165) is 0 Å². The van der Waals surface area contributed by atoms with Crippen molar-refractivity contribution in [3.8, 4) is 34.5 Å². The Hall–Kier alpha value is -2.56. The van der Waals surface area contributed by atoms with Crippen LogP contribution < -0.4 is 14.2 Å². The summed E-state index contributed by atoms with van der Waals surface area (Å²) in [4.78, 5) is 0. The van der Waals surface area contributed by atoms with Crippen molar-refractivity contribution < 1.29 is 24.4 Å². The third-order valence-electron chi connectivity index (χ3n) is 2.54. The molecule has 0 aliphatic carbocycles. The summed E-state index contributed by atoms with van der Waals surface area (Å²) in [5.41, 5.74) is 0. The van der Waals surface area contributed by atoms with Gasteiger partial charge in [0.2, 0.25) is 0 Å². The lowest BCUT2D eigenvalue weighted by atomic mass is 10.3. The molecule has 0 radical (unpaired) electrons. The molecule has 0 aliphatic rings. The molecule has 0 saturated carbocycles. The van der Waals surface area contributed by atoms with Crippen molar-refractivity contribution in [3.05, 3.63) is 36.4 Å². The molecule has 0 aromatic heterocycles. The van der Waals surface area contributed by atoms with Crippen molar-refractivity contribution in [2.45, 2.75) is 0 Å². The summed E-state index contributed by atoms with van der Waals surface area (Å²) in [5.74, 6) is 1.73. The van der Waals surface area contributed by atoms with Crippen molar-refractivity contribution in [2.75, 3.05) is 14.2 Å². The van der Waals surface area contributed by atoms with Crippen LogP contribution in [0.2, 0.25) is 0 Å². The normalized spacial score (nSPS) is 10.0. The number of phenolic OH excluding ortho intramolecular Hbond substituents is 2. The highest BCUT2D eigenvalue weighted by atomic mass is 16.5. The largest absolute Gasteiger partial charge is 0.504 e. The topological polar surface area (TPSA) is 68.2 Å². The van der Waals surface area contributed by atoms with E-state index in [4.69, 9.17) is 14.2 Å². The van der Waals surface area contributed by atoms with E-state index in [2.05, 4.69) is 0 Å². The zero-order valence-corrected chi connectivity index (χ0v) is 10.6. The second kappa shape index (κ2) is 5.39. The second-order valence-electron chi connectivity index (χ2n) is 3.77. The molecule has 0 atom stereocenters. The quantitative estimate of drug-likeness (QED) is 0.886. The number of benzene rings is 2. The molecule has 0 fully saturated rings. The molecule has 5 heteroatoms. The van der Waals surface area contributed by atoms with Crippen molar-refractivity contribution in [1.29, 1.82) is 0 Å². The Kier molecular flexibility index (Phi) is 3.66. The van der Waals surface area contributed by atoms with Gasteiger partial charge in [-0.25, -0.2) is 0 Å². The van der Waals surface area contributed by atoms with Crippen LogP contribution in [-0.2, 0) is 0 Å². The number of methoxy groups -OCH3 is 2. The van der Waals surface area contributed by atoms with Gasteiger partial charge in [-0.15, -0.1) is 0 Å². The van der Waals surface area contributed by atoms with Crippen molar-refractivity contribution in [3.63, 3.8) is 0 Å². The molecule has 19 heavy (non-hydrogen) atoms. The predicted molar refractivity (Wildman–Crippen MR) is 69.4 cm³/mol. The van der Waals surface area contributed by atoms with Crippen LogP contribution in [0.4, 0.5) is 0 Å². The molecule has 2 rings (SSSR count). The van der Waals surface area contributed by atoms with Gasteiger partial charge >= 0.3 is 0 Å². The summed E-state index contributed by atoms with van der Waals surface area (Å²) >= 11 is 0. The van der Waals surface area contributed by atoms with Gasteiger partial charge in [0, 0.05) is 12.1 Å². The average molecular weight is 262 g/mol. The maximum Gasteiger partial charge on any atom is 0.164 e. The van der Waals surface area contributed by atoms with E-state index < -0.39 is 0 Å². The zero-order chi connectivity index (χ0) is 13.8. The van der Waals surface area contributed by atoms with Gasteiger partial charge in [0.15, 0.2) is 23.0 Å². The lowest BCUT2D eigenvalue weighted by Crippen LogP contribution is -1.89. The Bertz CT molecular complexity index is 529. The van der Waals surface area contributed by atoms with Crippen LogP contribution in [0.15, 0.2) is 36.4 Å². The lowest BCUT2D eigenvalue weighted by molar-refractivity contribution is 0.365. The fraction of sp³-hybridized carbons (Fsp3) is 0.143. The number of hydrogen-bond acceptors (Lipinski definition) is 5. The van der Waals surface area contributed by atoms with E-state index in [1.54, 1.807) is 24.3 Å². The van der Waals surface area contributed by atoms with Crippen LogP contribution in [0, 0.1) is 0 Å². The minimum absolute atomic E-state index is 0.0399. The van der Waals surface area contributed by atoms with E-state index in [9.17, 15) is 10.2 Å². The van der Waals surface area contributed by atoms with Gasteiger partial charge in [-0.05, 0) is 24.3 Å². The van der Waals surface area contributed by atoms with Crippen LogP contribution in [0.1, 0.15) is 0 Å². The maximum absolute atomic E-state index is 9.49. The molecular formula is C14H14O5. The summed E-state index contributed by atoms with van der Waals surface area (Å²) in [6, 6.07) is 9.30. The zero-order valence-electron chi connectivity index (χ0n) is 10.6. The number of aromatic hydroxyl groups is 2. The Morgan fingerprint density at radius 2 is 1.16 bits per heavy atom. The third kappa shape index (κ3) is 2.82. The summed E-state index contributed by atoms with van der Waals surface area (Å²) in [6.07, 6.45) is 0. The van der Waals surface area contributed by atoms with E-state index >= 15 is 0 Å². The first-order valence-electron chi connectivity index (χ1n) is 5.56. The Balaban J connectivity index is 2.25. The van der Waals surface area contributed by atoms with Gasteiger partial charge < -0.3 is 24.4 Å². The van der Waals surface area contributed by atoms with E-state index in [0.29, 0.717) is 23.0 Å². The smallest absolute Gasteiger partial charge is 0.164 e. The Morgan fingerprint density at radius 1 is 0.737 bits per heavy atom. The molecule has 0 saturated heterocycles. The van der Waals surface area contributed by atoms with Crippen molar-refractivity contribution in [1.82, 2.24) is 0 Å². The van der Waals surface area contributed by atoms with E-state index in [-0.39, 0.29) is 11.5 Å². The molecule has 2 N–H and O–H groups in total. The Morgan fingerprint density at radius 3 is 1.53 bits per heavy atom. The fourth-order valence-electron chi connectivity index (χ4n) is 1.58. The molecule has 2 aromatic rings. The first-order valence-corrected chi connectivity index (χ1v) is 5.56. The van der Waals surface area contributed by atoms with Crippen LogP contribution in [-0.4, -0.2) is 24.4 Å². The number of phenols is 2. The minimum atomic E-state index is 0.0399. The molecule has 0 amide bonds. The van der Waals surface area contributed by atoms with Gasteiger partial charge in [0.25, 0.3) is 0 Å². The minimum Gasteiger partial charge on any atom is -0.504 e.